The van der Waals surface area contributed by atoms with Crippen molar-refractivity contribution < 1.29 is 23.8 Å². The molecule has 32 heavy (non-hydrogen) atoms. The number of hydrogen-bond acceptors (Lipinski definition) is 5. The minimum absolute atomic E-state index is 0.0272. The van der Waals surface area contributed by atoms with Crippen LogP contribution >= 0.6 is 11.6 Å². The van der Waals surface area contributed by atoms with Crippen LogP contribution in [0, 0.1) is 5.92 Å². The molecule has 4 aliphatic carbocycles. The fourth-order valence-corrected chi connectivity index (χ4v) is 6.17. The average Bonchev–Trinajstić information content (AvgIpc) is 2.76. The van der Waals surface area contributed by atoms with Crippen molar-refractivity contribution in [1.29, 1.82) is 0 Å². The number of halogens is 2. The van der Waals surface area contributed by atoms with Crippen LogP contribution in [0.3, 0.4) is 0 Å². The highest BCUT2D eigenvalue weighted by Crippen LogP contribution is 2.47. The number of aliphatic hydroxyl groups is 1. The maximum Gasteiger partial charge on any atom is 0.246 e. The smallest absolute Gasteiger partial charge is 0.246 e. The summed E-state index contributed by atoms with van der Waals surface area (Å²) in [5.41, 5.74) is -1.08. The maximum atomic E-state index is 13.8. The Balaban J connectivity index is 1.26. The zero-order valence-corrected chi connectivity index (χ0v) is 19.6. The second kappa shape index (κ2) is 9.72. The molecule has 7 nitrogen and oxygen atoms in total. The number of piperidine rings is 1. The normalized spacial score (nSPS) is 44.1. The van der Waals surface area contributed by atoms with Crippen LogP contribution in [0.1, 0.15) is 71.1 Å². The summed E-state index contributed by atoms with van der Waals surface area (Å²) in [6.45, 7) is 2.90. The van der Waals surface area contributed by atoms with Gasteiger partial charge in [-0.2, -0.15) is 0 Å². The van der Waals surface area contributed by atoms with Crippen LogP contribution in [0.15, 0.2) is 0 Å². The van der Waals surface area contributed by atoms with Gasteiger partial charge in [0.15, 0.2) is 0 Å². The lowest BCUT2D eigenvalue weighted by molar-refractivity contribution is -0.140. The molecule has 2 bridgehead atoms. The van der Waals surface area contributed by atoms with Crippen LogP contribution in [-0.4, -0.2) is 70.9 Å². The van der Waals surface area contributed by atoms with E-state index in [0.29, 0.717) is 50.9 Å². The first-order valence-corrected chi connectivity index (χ1v) is 12.6. The summed E-state index contributed by atoms with van der Waals surface area (Å²) in [5.74, 6) is 0.314. The van der Waals surface area contributed by atoms with Gasteiger partial charge in [0.25, 0.3) is 0 Å². The van der Waals surface area contributed by atoms with Gasteiger partial charge in [0.05, 0.1) is 29.2 Å². The van der Waals surface area contributed by atoms with Crippen LogP contribution in [0.5, 0.6) is 0 Å². The third kappa shape index (κ3) is 5.24. The molecule has 4 N–H and O–H groups in total. The van der Waals surface area contributed by atoms with Gasteiger partial charge in [-0.25, -0.2) is 4.39 Å². The highest BCUT2D eigenvalue weighted by molar-refractivity contribution is 6.21. The number of rotatable bonds is 6. The van der Waals surface area contributed by atoms with Gasteiger partial charge >= 0.3 is 0 Å². The molecule has 5 rings (SSSR count). The highest BCUT2D eigenvalue weighted by Gasteiger charge is 2.55. The molecular weight excluding hydrogens is 437 g/mol. The number of carbonyl (C=O) groups is 2. The Morgan fingerprint density at radius 2 is 1.91 bits per heavy atom. The molecule has 1 saturated heterocycles. The van der Waals surface area contributed by atoms with Crippen LogP contribution in [0.4, 0.5) is 4.39 Å². The molecule has 2 amide bonds. The van der Waals surface area contributed by atoms with Gasteiger partial charge in [0.2, 0.25) is 11.8 Å². The summed E-state index contributed by atoms with van der Waals surface area (Å²) in [6, 6.07) is -0.198. The minimum Gasteiger partial charge on any atom is -0.391 e. The number of hydrogen-bond donors (Lipinski definition) is 4. The van der Waals surface area contributed by atoms with E-state index in [-0.39, 0.29) is 37.0 Å². The summed E-state index contributed by atoms with van der Waals surface area (Å²) in [6.07, 6.45) is 4.27. The third-order valence-electron chi connectivity index (χ3n) is 8.17. The van der Waals surface area contributed by atoms with Crippen LogP contribution in [-0.2, 0) is 14.3 Å². The molecule has 0 aromatic heterocycles. The number of fused-ring (bicyclic) bond motifs is 3. The average molecular weight is 474 g/mol. The van der Waals surface area contributed by atoms with Crippen molar-refractivity contribution in [3.8, 4) is 0 Å². The van der Waals surface area contributed by atoms with E-state index < -0.39 is 28.7 Å². The predicted octanol–water partition coefficient (Wildman–Crippen LogP) is 1.94. The second-order valence-electron chi connectivity index (χ2n) is 10.6. The molecule has 5 unspecified atom stereocenters. The van der Waals surface area contributed by atoms with Gasteiger partial charge in [0.1, 0.15) is 12.8 Å². The van der Waals surface area contributed by atoms with Gasteiger partial charge in [0, 0.05) is 12.0 Å². The van der Waals surface area contributed by atoms with Gasteiger partial charge in [-0.3, -0.25) is 9.59 Å². The van der Waals surface area contributed by atoms with Crippen molar-refractivity contribution in [2.75, 3.05) is 13.2 Å². The lowest BCUT2D eigenvalue weighted by atomic mass is 9.59. The predicted molar refractivity (Wildman–Crippen MR) is 119 cm³/mol. The Kier molecular flexibility index (Phi) is 7.35. The van der Waals surface area contributed by atoms with Crippen molar-refractivity contribution in [3.05, 3.63) is 0 Å². The summed E-state index contributed by atoms with van der Waals surface area (Å²) in [4.78, 5) is 25.4. The van der Waals surface area contributed by atoms with Crippen LogP contribution < -0.4 is 16.0 Å². The first-order chi connectivity index (χ1) is 15.2. The first kappa shape index (κ1) is 24.2. The molecule has 0 aromatic rings. The van der Waals surface area contributed by atoms with Crippen molar-refractivity contribution >= 4 is 23.4 Å². The third-order valence-corrected chi connectivity index (χ3v) is 8.66. The van der Waals surface area contributed by atoms with E-state index in [9.17, 15) is 19.1 Å². The van der Waals surface area contributed by atoms with Gasteiger partial charge in [-0.15, -0.1) is 11.6 Å². The van der Waals surface area contributed by atoms with Crippen LogP contribution in [0.2, 0.25) is 0 Å². The Labute approximate surface area is 194 Å². The van der Waals surface area contributed by atoms with Crippen molar-refractivity contribution in [1.82, 2.24) is 16.0 Å². The lowest BCUT2D eigenvalue weighted by Crippen LogP contribution is -2.71. The Morgan fingerprint density at radius 1 is 1.16 bits per heavy atom. The molecule has 0 aromatic carbocycles. The van der Waals surface area contributed by atoms with Crippen molar-refractivity contribution in [3.63, 3.8) is 0 Å². The lowest BCUT2D eigenvalue weighted by Gasteiger charge is -2.56. The largest absolute Gasteiger partial charge is 0.391 e. The monoisotopic (exact) mass is 473 g/mol. The molecule has 1 heterocycles. The van der Waals surface area contributed by atoms with E-state index in [0.717, 1.165) is 19.4 Å². The molecule has 5 fully saturated rings. The fourth-order valence-electron chi connectivity index (χ4n) is 5.94. The number of amides is 2. The van der Waals surface area contributed by atoms with Gasteiger partial charge < -0.3 is 25.8 Å². The molecule has 1 aliphatic heterocycles. The second-order valence-corrected chi connectivity index (χ2v) is 11.2. The van der Waals surface area contributed by atoms with Crippen LogP contribution in [0.25, 0.3) is 0 Å². The zero-order chi connectivity index (χ0) is 22.9. The number of aliphatic hydroxyl groups excluding tert-OH is 1. The molecule has 0 spiro atoms. The Bertz CT molecular complexity index is 695. The molecule has 6 atom stereocenters. The topological polar surface area (TPSA) is 99.7 Å². The summed E-state index contributed by atoms with van der Waals surface area (Å²) in [5, 5.41) is 20.0. The van der Waals surface area contributed by atoms with E-state index in [1.54, 1.807) is 0 Å². The van der Waals surface area contributed by atoms with Gasteiger partial charge in [-0.05, 0) is 70.3 Å². The summed E-state index contributed by atoms with van der Waals surface area (Å²) >= 11 is 5.91. The summed E-state index contributed by atoms with van der Waals surface area (Å²) in [7, 11) is 0. The SMILES string of the molecule is CC1CCC(C(=O)NC23CCC(NC(=O)COC4CCC(Cl)C(F)C4)(CC2)C[C@@H]3O)NC1. The molecule has 4 saturated carbocycles. The van der Waals surface area contributed by atoms with Crippen molar-refractivity contribution in [2.45, 2.75) is 112 Å². The molecule has 9 heteroatoms. The number of alkyl halides is 2. The van der Waals surface area contributed by atoms with Gasteiger partial charge in [-0.1, -0.05) is 6.92 Å². The van der Waals surface area contributed by atoms with E-state index in [1.807, 2.05) is 0 Å². The number of carbonyl (C=O) groups excluding carboxylic acids is 2. The zero-order valence-electron chi connectivity index (χ0n) is 18.9. The van der Waals surface area contributed by atoms with E-state index in [2.05, 4.69) is 22.9 Å². The molecule has 5 aliphatic rings. The van der Waals surface area contributed by atoms with Crippen molar-refractivity contribution in [2.24, 2.45) is 5.92 Å². The van der Waals surface area contributed by atoms with E-state index in [4.69, 9.17) is 16.3 Å². The molecule has 182 valence electrons. The molecule has 0 radical (unpaired) electrons. The fraction of sp³-hybridized carbons (Fsp3) is 0.913. The Morgan fingerprint density at radius 3 is 2.53 bits per heavy atom. The van der Waals surface area contributed by atoms with E-state index >= 15 is 0 Å². The summed E-state index contributed by atoms with van der Waals surface area (Å²) < 4.78 is 19.4. The maximum absolute atomic E-state index is 13.8. The quantitative estimate of drug-likeness (QED) is 0.442. The van der Waals surface area contributed by atoms with E-state index in [1.165, 1.54) is 0 Å². The highest BCUT2D eigenvalue weighted by atomic mass is 35.5. The Hall–Kier alpha value is -0.960. The number of nitrogens with one attached hydrogen (secondary N) is 3. The standard InChI is InChI=1S/C23H37ClFN3O4/c1-14-2-5-18(26-12-14)21(31)28-23-8-6-22(7-9-23,11-19(23)29)27-20(30)13-32-15-3-4-16(24)17(25)10-15/h14-19,26,29H,2-13H2,1H3,(H,27,30)(H,28,31)/t14?,15?,16?,17?,18?,19-,22?,23?/m0/s1. The molecular formula is C23H37ClFN3O4. The first-order valence-electron chi connectivity index (χ1n) is 12.1. The number of ether oxygens (including phenoxy) is 1. The minimum atomic E-state index is -1.10.